The number of nitrogens with zero attached hydrogens (tertiary/aromatic N) is 3. The quantitative estimate of drug-likeness (QED) is 0.282. The molecule has 0 saturated carbocycles. The molecule has 0 aliphatic rings. The molecule has 1 aromatic heterocycles. The number of nitrogens with one attached hydrogen (secondary N) is 1. The molecule has 0 bridgehead atoms. The molecule has 0 amide bonds. The van der Waals surface area contributed by atoms with Gasteiger partial charge >= 0.3 is 0 Å². The van der Waals surface area contributed by atoms with E-state index in [4.69, 9.17) is 27.9 Å². The number of benzene rings is 2. The molecule has 0 spiro atoms. The van der Waals surface area contributed by atoms with Gasteiger partial charge in [-0.05, 0) is 30.3 Å². The Bertz CT molecular complexity index is 1150. The summed E-state index contributed by atoms with van der Waals surface area (Å²) in [7, 11) is 1.42. The maximum absolute atomic E-state index is 11.3. The minimum absolute atomic E-state index is 0.175. The van der Waals surface area contributed by atoms with E-state index in [2.05, 4.69) is 10.3 Å². The van der Waals surface area contributed by atoms with E-state index in [0.717, 1.165) is 0 Å². The zero-order valence-corrected chi connectivity index (χ0v) is 17.2. The minimum atomic E-state index is -0.533. The van der Waals surface area contributed by atoms with Gasteiger partial charge in [0.25, 0.3) is 5.69 Å². The van der Waals surface area contributed by atoms with Crippen molar-refractivity contribution >= 4 is 51.5 Å². The lowest BCUT2D eigenvalue weighted by Crippen LogP contribution is -1.98. The number of ether oxygens (including phenoxy) is 1. The zero-order chi connectivity index (χ0) is 21.0. The van der Waals surface area contributed by atoms with Gasteiger partial charge in [0.15, 0.2) is 0 Å². The van der Waals surface area contributed by atoms with Crippen LogP contribution in [-0.4, -0.2) is 17.0 Å². The summed E-state index contributed by atoms with van der Waals surface area (Å²) in [5.74, 6) is 0.358. The fourth-order valence-electron chi connectivity index (χ4n) is 2.42. The van der Waals surface area contributed by atoms with Gasteiger partial charge in [-0.25, -0.2) is 4.98 Å². The van der Waals surface area contributed by atoms with Gasteiger partial charge in [-0.3, -0.25) is 10.1 Å². The Morgan fingerprint density at radius 1 is 1.34 bits per heavy atom. The number of allylic oxidation sites excluding steroid dienone is 1. The van der Waals surface area contributed by atoms with E-state index in [1.807, 2.05) is 6.07 Å². The predicted molar refractivity (Wildman–Crippen MR) is 114 cm³/mol. The Kier molecular flexibility index (Phi) is 6.34. The molecule has 0 saturated heterocycles. The van der Waals surface area contributed by atoms with E-state index in [-0.39, 0.29) is 16.9 Å². The minimum Gasteiger partial charge on any atom is -0.496 e. The molecule has 29 heavy (non-hydrogen) atoms. The highest BCUT2D eigenvalue weighted by Crippen LogP contribution is 2.33. The van der Waals surface area contributed by atoms with E-state index < -0.39 is 4.92 Å². The molecule has 0 unspecified atom stereocenters. The van der Waals surface area contributed by atoms with E-state index in [1.165, 1.54) is 36.8 Å². The SMILES string of the molecule is COc1ccc(N/C=C(\C#N)c2nc(-c3ccc(Cl)cc3Cl)cs2)c([N+](=O)[O-])c1. The van der Waals surface area contributed by atoms with Crippen molar-refractivity contribution in [3.05, 3.63) is 73.1 Å². The summed E-state index contributed by atoms with van der Waals surface area (Å²) in [6.07, 6.45) is 1.38. The number of aromatic nitrogens is 1. The Morgan fingerprint density at radius 3 is 2.79 bits per heavy atom. The molecule has 7 nitrogen and oxygen atoms in total. The van der Waals surface area contributed by atoms with Crippen LogP contribution < -0.4 is 10.1 Å². The normalized spacial score (nSPS) is 11.0. The summed E-state index contributed by atoms with van der Waals surface area (Å²) >= 11 is 13.4. The molecular formula is C19H12Cl2N4O3S. The Hall–Kier alpha value is -3.12. The van der Waals surface area contributed by atoms with Crippen molar-refractivity contribution < 1.29 is 9.66 Å². The number of nitriles is 1. The van der Waals surface area contributed by atoms with Gasteiger partial charge in [-0.1, -0.05) is 23.2 Å². The largest absolute Gasteiger partial charge is 0.496 e. The summed E-state index contributed by atoms with van der Waals surface area (Å²) in [5, 5.41) is 26.8. The van der Waals surface area contributed by atoms with E-state index >= 15 is 0 Å². The van der Waals surface area contributed by atoms with Gasteiger partial charge in [0.05, 0.1) is 28.8 Å². The van der Waals surface area contributed by atoms with E-state index in [9.17, 15) is 15.4 Å². The predicted octanol–water partition coefficient (Wildman–Crippen LogP) is 6.01. The van der Waals surface area contributed by atoms with Crippen LogP contribution in [0.4, 0.5) is 11.4 Å². The van der Waals surface area contributed by atoms with Crippen LogP contribution in [0.1, 0.15) is 5.01 Å². The Labute approximate surface area is 179 Å². The van der Waals surface area contributed by atoms with Gasteiger partial charge in [-0.2, -0.15) is 5.26 Å². The van der Waals surface area contributed by atoms with Crippen LogP contribution in [0.25, 0.3) is 16.8 Å². The third kappa shape index (κ3) is 4.66. The van der Waals surface area contributed by atoms with Crippen molar-refractivity contribution in [3.8, 4) is 23.1 Å². The maximum Gasteiger partial charge on any atom is 0.296 e. The number of halogens is 2. The molecule has 146 valence electrons. The fraction of sp³-hybridized carbons (Fsp3) is 0.0526. The van der Waals surface area contributed by atoms with Crippen LogP contribution in [0.15, 0.2) is 48.0 Å². The first-order valence-corrected chi connectivity index (χ1v) is 9.67. The van der Waals surface area contributed by atoms with Crippen molar-refractivity contribution in [2.24, 2.45) is 0 Å². The van der Waals surface area contributed by atoms with Crippen molar-refractivity contribution in [1.29, 1.82) is 5.26 Å². The standard InChI is InChI=1S/C19H12Cl2N4O3S/c1-28-13-3-5-16(18(7-13)25(26)27)23-9-11(8-22)19-24-17(10-29-19)14-4-2-12(20)6-15(14)21/h2-7,9-10,23H,1H3/b11-9+. The van der Waals surface area contributed by atoms with Crippen molar-refractivity contribution in [1.82, 2.24) is 4.98 Å². The monoisotopic (exact) mass is 446 g/mol. The van der Waals surface area contributed by atoms with Gasteiger partial charge in [0, 0.05) is 22.2 Å². The maximum atomic E-state index is 11.3. The van der Waals surface area contributed by atoms with Gasteiger partial charge in [-0.15, -0.1) is 11.3 Å². The Balaban J connectivity index is 1.90. The van der Waals surface area contributed by atoms with Gasteiger partial charge < -0.3 is 10.1 Å². The first-order valence-electron chi connectivity index (χ1n) is 8.03. The highest BCUT2D eigenvalue weighted by Gasteiger charge is 2.16. The first kappa shape index (κ1) is 20.6. The number of rotatable bonds is 6. The van der Waals surface area contributed by atoms with Gasteiger partial charge in [0.1, 0.15) is 28.1 Å². The molecule has 2 aromatic carbocycles. The number of thiazole rings is 1. The Morgan fingerprint density at radius 2 is 2.14 bits per heavy atom. The average molecular weight is 447 g/mol. The summed E-state index contributed by atoms with van der Waals surface area (Å²) < 4.78 is 5.01. The van der Waals surface area contributed by atoms with Crippen molar-refractivity contribution in [2.45, 2.75) is 0 Å². The van der Waals surface area contributed by atoms with E-state index in [0.29, 0.717) is 32.1 Å². The smallest absolute Gasteiger partial charge is 0.296 e. The van der Waals surface area contributed by atoms with E-state index in [1.54, 1.807) is 29.6 Å². The molecule has 3 aromatic rings. The van der Waals surface area contributed by atoms with Crippen LogP contribution in [-0.2, 0) is 0 Å². The van der Waals surface area contributed by atoms with Crippen LogP contribution >= 0.6 is 34.5 Å². The average Bonchev–Trinajstić information content (AvgIpc) is 3.18. The molecule has 0 aliphatic heterocycles. The summed E-state index contributed by atoms with van der Waals surface area (Å²) in [4.78, 5) is 15.2. The second-order valence-corrected chi connectivity index (χ2v) is 7.32. The van der Waals surface area contributed by atoms with Gasteiger partial charge in [0.2, 0.25) is 0 Å². The molecule has 0 aliphatic carbocycles. The molecule has 10 heteroatoms. The summed E-state index contributed by atoms with van der Waals surface area (Å²) in [6.45, 7) is 0. The number of nitro groups is 1. The topological polar surface area (TPSA) is 101 Å². The fourth-order valence-corrected chi connectivity index (χ4v) is 3.71. The number of anilines is 1. The van der Waals surface area contributed by atoms with Crippen molar-refractivity contribution in [2.75, 3.05) is 12.4 Å². The van der Waals surface area contributed by atoms with Crippen LogP contribution in [0.2, 0.25) is 10.0 Å². The molecule has 1 heterocycles. The summed E-state index contributed by atoms with van der Waals surface area (Å²) in [6, 6.07) is 11.5. The number of hydrogen-bond donors (Lipinski definition) is 1. The highest BCUT2D eigenvalue weighted by atomic mass is 35.5. The third-order valence-electron chi connectivity index (χ3n) is 3.84. The van der Waals surface area contributed by atoms with Crippen molar-refractivity contribution in [3.63, 3.8) is 0 Å². The molecule has 0 atom stereocenters. The lowest BCUT2D eigenvalue weighted by molar-refractivity contribution is -0.384. The number of methoxy groups -OCH3 is 1. The molecule has 0 fully saturated rings. The molecular weight excluding hydrogens is 435 g/mol. The third-order valence-corrected chi connectivity index (χ3v) is 5.26. The lowest BCUT2D eigenvalue weighted by Gasteiger charge is -2.05. The van der Waals surface area contributed by atoms with Crippen LogP contribution in [0.5, 0.6) is 5.75 Å². The molecule has 0 radical (unpaired) electrons. The second-order valence-electron chi connectivity index (χ2n) is 5.62. The number of hydrogen-bond acceptors (Lipinski definition) is 7. The highest BCUT2D eigenvalue weighted by molar-refractivity contribution is 7.11. The van der Waals surface area contributed by atoms with Crippen LogP contribution in [0, 0.1) is 21.4 Å². The zero-order valence-electron chi connectivity index (χ0n) is 14.8. The lowest BCUT2D eigenvalue weighted by atomic mass is 10.2. The molecule has 1 N–H and O–H groups in total. The molecule has 3 rings (SSSR count). The van der Waals surface area contributed by atoms with Crippen LogP contribution in [0.3, 0.4) is 0 Å². The second kappa shape index (κ2) is 8.92. The number of nitro benzene ring substituents is 1. The summed E-state index contributed by atoms with van der Waals surface area (Å²) in [5.41, 5.74) is 1.56. The first-order chi connectivity index (χ1) is 13.9.